The minimum atomic E-state index is -0.258. The molecule has 19 heavy (non-hydrogen) atoms. The van der Waals surface area contributed by atoms with Gasteiger partial charge in [0.2, 0.25) is 0 Å². The van der Waals surface area contributed by atoms with Gasteiger partial charge in [0.05, 0.1) is 6.54 Å². The van der Waals surface area contributed by atoms with E-state index in [9.17, 15) is 4.79 Å². The summed E-state index contributed by atoms with van der Waals surface area (Å²) in [7, 11) is 0. The summed E-state index contributed by atoms with van der Waals surface area (Å²) in [6.45, 7) is 8.09. The fourth-order valence-electron chi connectivity index (χ4n) is 1.53. The maximum Gasteiger partial charge on any atom is 0.319 e. The number of nitrogens with one attached hydrogen (secondary N) is 2. The predicted molar refractivity (Wildman–Crippen MR) is 79.0 cm³/mol. The van der Waals surface area contributed by atoms with Gasteiger partial charge in [-0.1, -0.05) is 11.8 Å². The highest BCUT2D eigenvalue weighted by Gasteiger charge is 2.13. The van der Waals surface area contributed by atoms with E-state index in [4.69, 9.17) is 5.73 Å². The van der Waals surface area contributed by atoms with Gasteiger partial charge < -0.3 is 16.4 Å². The van der Waals surface area contributed by atoms with E-state index in [1.54, 1.807) is 0 Å². The first-order chi connectivity index (χ1) is 8.81. The van der Waals surface area contributed by atoms with Crippen LogP contribution in [0.3, 0.4) is 0 Å². The van der Waals surface area contributed by atoms with Crippen LogP contribution in [0, 0.1) is 18.8 Å². The Bertz CT molecular complexity index is 518. The first kappa shape index (κ1) is 15.1. The standard InChI is InChI=1S/C15H21N3O/c1-11-10-13(8-7-12(11)6-5-9-16)17-14(19)18-15(2,3)4/h7-8,10H,9,16H2,1-4H3,(H2,17,18,19). The minimum absolute atomic E-state index is 0.215. The number of benzene rings is 1. The van der Waals surface area contributed by atoms with Crippen molar-refractivity contribution in [3.8, 4) is 11.8 Å². The van der Waals surface area contributed by atoms with Crippen LogP contribution in [0.5, 0.6) is 0 Å². The van der Waals surface area contributed by atoms with E-state index in [1.807, 2.05) is 45.9 Å². The lowest BCUT2D eigenvalue weighted by molar-refractivity contribution is 0.244. The molecule has 0 fully saturated rings. The van der Waals surface area contributed by atoms with Crippen LogP contribution >= 0.6 is 0 Å². The van der Waals surface area contributed by atoms with E-state index in [1.165, 1.54) is 0 Å². The topological polar surface area (TPSA) is 67.2 Å². The van der Waals surface area contributed by atoms with Crippen LogP contribution in [0.4, 0.5) is 10.5 Å². The number of carbonyl (C=O) groups is 1. The summed E-state index contributed by atoms with van der Waals surface area (Å²) >= 11 is 0. The van der Waals surface area contributed by atoms with Crippen LogP contribution in [0.25, 0.3) is 0 Å². The number of hydrogen-bond donors (Lipinski definition) is 3. The van der Waals surface area contributed by atoms with E-state index >= 15 is 0 Å². The van der Waals surface area contributed by atoms with Gasteiger partial charge in [-0.3, -0.25) is 0 Å². The number of anilines is 1. The Balaban J connectivity index is 2.76. The number of urea groups is 1. The van der Waals surface area contributed by atoms with Crippen molar-refractivity contribution < 1.29 is 4.79 Å². The van der Waals surface area contributed by atoms with E-state index in [0.717, 1.165) is 16.8 Å². The van der Waals surface area contributed by atoms with Crippen molar-refractivity contribution in [3.63, 3.8) is 0 Å². The molecule has 0 heterocycles. The second kappa shape index (κ2) is 6.26. The summed E-state index contributed by atoms with van der Waals surface area (Å²) in [5.74, 6) is 5.80. The van der Waals surface area contributed by atoms with Gasteiger partial charge in [0, 0.05) is 16.8 Å². The summed E-state index contributed by atoms with van der Waals surface area (Å²) in [5, 5.41) is 5.64. The molecule has 0 bridgehead atoms. The number of rotatable bonds is 1. The molecular weight excluding hydrogens is 238 g/mol. The van der Waals surface area contributed by atoms with Gasteiger partial charge in [-0.05, 0) is 51.5 Å². The summed E-state index contributed by atoms with van der Waals surface area (Å²) in [6.07, 6.45) is 0. The van der Waals surface area contributed by atoms with Gasteiger partial charge in [0.15, 0.2) is 0 Å². The average Bonchev–Trinajstić information content (AvgIpc) is 2.25. The molecule has 0 spiro atoms. The number of carbonyl (C=O) groups excluding carboxylic acids is 1. The van der Waals surface area contributed by atoms with Crippen LogP contribution in [0.2, 0.25) is 0 Å². The van der Waals surface area contributed by atoms with Crippen LogP contribution in [0.15, 0.2) is 18.2 Å². The molecule has 4 N–H and O–H groups in total. The quantitative estimate of drug-likeness (QED) is 0.677. The lowest BCUT2D eigenvalue weighted by atomic mass is 10.1. The van der Waals surface area contributed by atoms with Crippen molar-refractivity contribution >= 4 is 11.7 Å². The second-order valence-electron chi connectivity index (χ2n) is 5.36. The van der Waals surface area contributed by atoms with Crippen molar-refractivity contribution in [2.75, 3.05) is 11.9 Å². The molecule has 0 atom stereocenters. The molecule has 4 heteroatoms. The minimum Gasteiger partial charge on any atom is -0.333 e. The summed E-state index contributed by atoms with van der Waals surface area (Å²) in [5.41, 5.74) is 7.76. The summed E-state index contributed by atoms with van der Waals surface area (Å²) in [4.78, 5) is 11.7. The molecule has 1 aromatic carbocycles. The Morgan fingerprint density at radius 3 is 2.58 bits per heavy atom. The molecule has 0 aliphatic heterocycles. The number of amides is 2. The molecular formula is C15H21N3O. The molecule has 0 saturated carbocycles. The lowest BCUT2D eigenvalue weighted by Gasteiger charge is -2.20. The zero-order valence-corrected chi connectivity index (χ0v) is 11.9. The fourth-order valence-corrected chi connectivity index (χ4v) is 1.53. The maximum atomic E-state index is 11.7. The van der Waals surface area contributed by atoms with Crippen LogP contribution in [-0.2, 0) is 0 Å². The third-order valence-electron chi connectivity index (χ3n) is 2.30. The van der Waals surface area contributed by atoms with Gasteiger partial charge in [-0.15, -0.1) is 0 Å². The van der Waals surface area contributed by atoms with Crippen LogP contribution in [0.1, 0.15) is 31.9 Å². The van der Waals surface area contributed by atoms with Gasteiger partial charge in [0.1, 0.15) is 0 Å². The van der Waals surface area contributed by atoms with E-state index in [2.05, 4.69) is 22.5 Å². The van der Waals surface area contributed by atoms with E-state index in [0.29, 0.717) is 6.54 Å². The monoisotopic (exact) mass is 259 g/mol. The molecule has 1 rings (SSSR count). The van der Waals surface area contributed by atoms with Crippen molar-refractivity contribution in [2.24, 2.45) is 5.73 Å². The molecule has 0 unspecified atom stereocenters. The van der Waals surface area contributed by atoms with Gasteiger partial charge >= 0.3 is 6.03 Å². The van der Waals surface area contributed by atoms with Crippen molar-refractivity contribution in [2.45, 2.75) is 33.2 Å². The highest BCUT2D eigenvalue weighted by Crippen LogP contribution is 2.14. The molecule has 4 nitrogen and oxygen atoms in total. The molecule has 0 aliphatic carbocycles. The summed E-state index contributed by atoms with van der Waals surface area (Å²) in [6, 6.07) is 5.39. The SMILES string of the molecule is Cc1cc(NC(=O)NC(C)(C)C)ccc1C#CCN. The molecule has 102 valence electrons. The van der Waals surface area contributed by atoms with Crippen molar-refractivity contribution in [1.82, 2.24) is 5.32 Å². The zero-order chi connectivity index (χ0) is 14.5. The highest BCUT2D eigenvalue weighted by molar-refractivity contribution is 5.89. The Kier molecular flexibility index (Phi) is 4.96. The normalized spacial score (nSPS) is 10.4. The van der Waals surface area contributed by atoms with Crippen molar-refractivity contribution in [1.29, 1.82) is 0 Å². The molecule has 0 radical (unpaired) electrons. The summed E-state index contributed by atoms with van der Waals surface area (Å²) < 4.78 is 0. The Labute approximate surface area is 114 Å². The van der Waals surface area contributed by atoms with Gasteiger partial charge in [0.25, 0.3) is 0 Å². The maximum absolute atomic E-state index is 11.7. The molecule has 0 aliphatic rings. The first-order valence-electron chi connectivity index (χ1n) is 6.20. The first-order valence-corrected chi connectivity index (χ1v) is 6.20. The zero-order valence-electron chi connectivity index (χ0n) is 11.9. The smallest absolute Gasteiger partial charge is 0.319 e. The van der Waals surface area contributed by atoms with E-state index < -0.39 is 0 Å². The number of nitrogens with two attached hydrogens (primary N) is 1. The fraction of sp³-hybridized carbons (Fsp3) is 0.400. The third-order valence-corrected chi connectivity index (χ3v) is 2.30. The highest BCUT2D eigenvalue weighted by atomic mass is 16.2. The Morgan fingerprint density at radius 2 is 2.05 bits per heavy atom. The second-order valence-corrected chi connectivity index (χ2v) is 5.36. The average molecular weight is 259 g/mol. The third kappa shape index (κ3) is 5.45. The lowest BCUT2D eigenvalue weighted by Crippen LogP contribution is -2.43. The van der Waals surface area contributed by atoms with E-state index in [-0.39, 0.29) is 11.6 Å². The predicted octanol–water partition coefficient (Wildman–Crippen LogP) is 2.23. The Hall–Kier alpha value is -1.99. The van der Waals surface area contributed by atoms with Crippen LogP contribution < -0.4 is 16.4 Å². The largest absolute Gasteiger partial charge is 0.333 e. The number of aryl methyl sites for hydroxylation is 1. The van der Waals surface area contributed by atoms with Gasteiger partial charge in [-0.25, -0.2) is 4.79 Å². The van der Waals surface area contributed by atoms with Crippen LogP contribution in [-0.4, -0.2) is 18.1 Å². The van der Waals surface area contributed by atoms with Gasteiger partial charge in [-0.2, -0.15) is 0 Å². The van der Waals surface area contributed by atoms with Crippen molar-refractivity contribution in [3.05, 3.63) is 29.3 Å². The molecule has 2 amide bonds. The molecule has 1 aromatic rings. The number of hydrogen-bond acceptors (Lipinski definition) is 2. The molecule has 0 aromatic heterocycles. The Morgan fingerprint density at radius 1 is 1.37 bits per heavy atom. The molecule has 0 saturated heterocycles.